The molecule has 8 heavy (non-hydrogen) atoms. The van der Waals surface area contributed by atoms with Crippen molar-refractivity contribution in [1.82, 2.24) is 0 Å². The molecule has 0 atom stereocenters. The Labute approximate surface area is 60.5 Å². The zero-order chi connectivity index (χ0) is 5.98. The summed E-state index contributed by atoms with van der Waals surface area (Å²) >= 11 is 7.89. The fourth-order valence-electron chi connectivity index (χ4n) is 0.341. The average molecular weight is 191 g/mol. The number of halogens is 1. The summed E-state index contributed by atoms with van der Waals surface area (Å²) in [6.45, 7) is 0. The van der Waals surface area contributed by atoms with Gasteiger partial charge in [-0.25, -0.2) is 0 Å². The normalized spacial score (nSPS) is 9.12. The zero-order valence-electron chi connectivity index (χ0n) is 3.93. The van der Waals surface area contributed by atoms with Crippen molar-refractivity contribution in [1.29, 1.82) is 0 Å². The van der Waals surface area contributed by atoms with Crippen LogP contribution in [0.25, 0.3) is 0 Å². The molecule has 42 valence electrons. The van der Waals surface area contributed by atoms with Crippen LogP contribution in [0.1, 0.15) is 0 Å². The van der Waals surface area contributed by atoms with Gasteiger partial charge in [0.15, 0.2) is 4.71 Å². The molecule has 1 aromatic rings. The second kappa shape index (κ2) is 2.42. The summed E-state index contributed by atoms with van der Waals surface area (Å²) in [5.74, 6) is 0. The third kappa shape index (κ3) is 1.42. The van der Waals surface area contributed by atoms with Crippen LogP contribution in [0.5, 0.6) is 0 Å². The predicted octanol–water partition coefficient (Wildman–Crippen LogP) is 2.77. The monoisotopic (exact) mass is 190 g/mol. The Morgan fingerprint density at radius 2 is 2.25 bits per heavy atom. The Balaban J connectivity index is 3.22. The molecule has 0 aliphatic heterocycles. The Bertz CT molecular complexity index is 210. The quantitative estimate of drug-likeness (QED) is 0.585. The molecule has 0 N–H and O–H groups in total. The summed E-state index contributed by atoms with van der Waals surface area (Å²) in [5.41, 5.74) is 0. The molecular formula is C5H3BrOS. The van der Waals surface area contributed by atoms with Crippen LogP contribution in [0.3, 0.4) is 0 Å². The lowest BCUT2D eigenvalue weighted by molar-refractivity contribution is 0.531. The van der Waals surface area contributed by atoms with Gasteiger partial charge in [-0.15, -0.1) is 0 Å². The third-order valence-electron chi connectivity index (χ3n) is 0.666. The van der Waals surface area contributed by atoms with Gasteiger partial charge in [-0.3, -0.25) is 0 Å². The van der Waals surface area contributed by atoms with Crippen molar-refractivity contribution in [2.75, 3.05) is 0 Å². The molecule has 0 bridgehead atoms. The van der Waals surface area contributed by atoms with Crippen LogP contribution >= 0.6 is 28.1 Å². The van der Waals surface area contributed by atoms with Crippen molar-refractivity contribution in [3.8, 4) is 0 Å². The van der Waals surface area contributed by atoms with Crippen molar-refractivity contribution in [2.45, 2.75) is 0 Å². The highest BCUT2D eigenvalue weighted by Gasteiger charge is 1.80. The fourth-order valence-corrected chi connectivity index (χ4v) is 0.682. The van der Waals surface area contributed by atoms with E-state index in [1.54, 1.807) is 12.3 Å². The topological polar surface area (TPSA) is 13.1 Å². The first-order chi connectivity index (χ1) is 3.79. The molecule has 0 radical (unpaired) electrons. The van der Waals surface area contributed by atoms with Gasteiger partial charge in [0.2, 0.25) is 0 Å². The highest BCUT2D eigenvalue weighted by atomic mass is 79.9. The van der Waals surface area contributed by atoms with E-state index in [0.29, 0.717) is 4.71 Å². The van der Waals surface area contributed by atoms with E-state index in [1.807, 2.05) is 6.07 Å². The van der Waals surface area contributed by atoms with Gasteiger partial charge in [0, 0.05) is 0 Å². The second-order valence-electron chi connectivity index (χ2n) is 1.27. The lowest BCUT2D eigenvalue weighted by atomic mass is 10.5. The van der Waals surface area contributed by atoms with Crippen molar-refractivity contribution in [3.63, 3.8) is 0 Å². The van der Waals surface area contributed by atoms with Gasteiger partial charge in [-0.05, 0) is 40.3 Å². The van der Waals surface area contributed by atoms with Gasteiger partial charge in [-0.1, -0.05) is 0 Å². The molecule has 1 rings (SSSR count). The van der Waals surface area contributed by atoms with Crippen LogP contribution in [0.2, 0.25) is 0 Å². The molecule has 0 fully saturated rings. The first-order valence-corrected chi connectivity index (χ1v) is 3.23. The maximum atomic E-state index is 4.83. The number of hydrogen-bond donors (Lipinski definition) is 0. The Morgan fingerprint density at radius 1 is 1.50 bits per heavy atom. The molecule has 0 saturated carbocycles. The number of hydrogen-bond acceptors (Lipinski definition) is 2. The van der Waals surface area contributed by atoms with Crippen LogP contribution in [-0.2, 0) is 0 Å². The van der Waals surface area contributed by atoms with Gasteiger partial charge in [-0.2, -0.15) is 0 Å². The molecule has 1 aromatic heterocycles. The van der Waals surface area contributed by atoms with E-state index in [2.05, 4.69) is 28.1 Å². The van der Waals surface area contributed by atoms with Gasteiger partial charge in [0.05, 0.1) is 4.47 Å². The SMILES string of the molecule is S=c1ccc(Br)co1. The van der Waals surface area contributed by atoms with Crippen LogP contribution in [0.15, 0.2) is 27.3 Å². The minimum Gasteiger partial charge on any atom is -0.452 e. The van der Waals surface area contributed by atoms with E-state index in [-0.39, 0.29) is 0 Å². The lowest BCUT2D eigenvalue weighted by Crippen LogP contribution is -1.60. The maximum Gasteiger partial charge on any atom is 0.189 e. The predicted molar refractivity (Wildman–Crippen MR) is 37.2 cm³/mol. The van der Waals surface area contributed by atoms with Gasteiger partial charge in [0.1, 0.15) is 6.26 Å². The molecular weight excluding hydrogens is 188 g/mol. The summed E-state index contributed by atoms with van der Waals surface area (Å²) in [5, 5.41) is 0. The molecule has 0 aromatic carbocycles. The molecule has 0 saturated heterocycles. The molecule has 1 heterocycles. The maximum absolute atomic E-state index is 4.83. The van der Waals surface area contributed by atoms with Crippen LogP contribution in [0.4, 0.5) is 0 Å². The van der Waals surface area contributed by atoms with E-state index in [1.165, 1.54) is 0 Å². The lowest BCUT2D eigenvalue weighted by Gasteiger charge is -1.82. The van der Waals surface area contributed by atoms with Crippen LogP contribution in [0, 0.1) is 4.71 Å². The summed E-state index contributed by atoms with van der Waals surface area (Å²) in [7, 11) is 0. The van der Waals surface area contributed by atoms with Gasteiger partial charge in [0.25, 0.3) is 0 Å². The van der Waals surface area contributed by atoms with Crippen molar-refractivity contribution in [3.05, 3.63) is 27.6 Å². The smallest absolute Gasteiger partial charge is 0.189 e. The summed E-state index contributed by atoms with van der Waals surface area (Å²) in [6, 6.07) is 3.56. The van der Waals surface area contributed by atoms with E-state index < -0.39 is 0 Å². The second-order valence-corrected chi connectivity index (χ2v) is 2.59. The molecule has 1 nitrogen and oxygen atoms in total. The average Bonchev–Trinajstić information content (AvgIpc) is 1.77. The number of rotatable bonds is 0. The molecule has 0 aliphatic rings. The standard InChI is InChI=1S/C5H3BrOS/c6-4-1-2-5(8)7-3-4/h1-3H. The van der Waals surface area contributed by atoms with Crippen molar-refractivity contribution >= 4 is 28.1 Å². The van der Waals surface area contributed by atoms with Crippen molar-refractivity contribution < 1.29 is 4.42 Å². The fraction of sp³-hybridized carbons (Fsp3) is 0. The van der Waals surface area contributed by atoms with E-state index in [9.17, 15) is 0 Å². The largest absolute Gasteiger partial charge is 0.452 e. The zero-order valence-corrected chi connectivity index (χ0v) is 6.33. The van der Waals surface area contributed by atoms with E-state index in [0.717, 1.165) is 4.47 Å². The molecule has 0 unspecified atom stereocenters. The molecule has 3 heteroatoms. The molecule has 0 amide bonds. The first-order valence-electron chi connectivity index (χ1n) is 2.03. The summed E-state index contributed by atoms with van der Waals surface area (Å²) in [4.78, 5) is 0. The Kier molecular flexibility index (Phi) is 1.81. The van der Waals surface area contributed by atoms with Gasteiger partial charge >= 0.3 is 0 Å². The third-order valence-corrected chi connectivity index (χ3v) is 1.35. The minimum atomic E-state index is 0.508. The Morgan fingerprint density at radius 3 is 2.62 bits per heavy atom. The van der Waals surface area contributed by atoms with Crippen LogP contribution in [-0.4, -0.2) is 0 Å². The van der Waals surface area contributed by atoms with Crippen molar-refractivity contribution in [2.24, 2.45) is 0 Å². The summed E-state index contributed by atoms with van der Waals surface area (Å²) in [6.07, 6.45) is 1.56. The van der Waals surface area contributed by atoms with E-state index >= 15 is 0 Å². The first kappa shape index (κ1) is 5.98. The van der Waals surface area contributed by atoms with E-state index in [4.69, 9.17) is 4.42 Å². The highest BCUT2D eigenvalue weighted by molar-refractivity contribution is 9.10. The van der Waals surface area contributed by atoms with Crippen LogP contribution < -0.4 is 0 Å². The minimum absolute atomic E-state index is 0.508. The summed E-state index contributed by atoms with van der Waals surface area (Å²) < 4.78 is 6.24. The van der Waals surface area contributed by atoms with Gasteiger partial charge < -0.3 is 4.42 Å². The highest BCUT2D eigenvalue weighted by Crippen LogP contribution is 2.06. The molecule has 0 spiro atoms. The molecule has 0 aliphatic carbocycles. The Hall–Kier alpha value is -0.150.